The highest BCUT2D eigenvalue weighted by molar-refractivity contribution is 5.95. The molecule has 0 spiro atoms. The molecule has 5 nitrogen and oxygen atoms in total. The lowest BCUT2D eigenvalue weighted by Gasteiger charge is -2.27. The van der Waals surface area contributed by atoms with Crippen LogP contribution in [-0.4, -0.2) is 28.3 Å². The Kier molecular flexibility index (Phi) is 2.92. The first-order valence-corrected chi connectivity index (χ1v) is 6.41. The van der Waals surface area contributed by atoms with E-state index in [0.717, 1.165) is 25.3 Å². The third kappa shape index (κ3) is 1.93. The van der Waals surface area contributed by atoms with Crippen LogP contribution in [0.3, 0.4) is 0 Å². The second-order valence-electron chi connectivity index (χ2n) is 5.33. The number of hydrogen-bond acceptors (Lipinski definition) is 3. The van der Waals surface area contributed by atoms with Crippen molar-refractivity contribution in [3.63, 3.8) is 0 Å². The van der Waals surface area contributed by atoms with Crippen LogP contribution in [0.5, 0.6) is 0 Å². The van der Waals surface area contributed by atoms with Crippen LogP contribution in [0.25, 0.3) is 0 Å². The number of carbonyl (C=O) groups excluding carboxylic acids is 1. The van der Waals surface area contributed by atoms with Gasteiger partial charge in [-0.1, -0.05) is 0 Å². The molecular weight excluding hydrogens is 270 g/mol. The van der Waals surface area contributed by atoms with E-state index in [4.69, 9.17) is 0 Å². The lowest BCUT2D eigenvalue weighted by atomic mass is 10.1. The lowest BCUT2D eigenvalue weighted by molar-refractivity contribution is -0.387. The Bertz CT molecular complexity index is 606. The number of likely N-dealkylation sites (tertiary alicyclic amines) is 1. The van der Waals surface area contributed by atoms with Crippen molar-refractivity contribution in [1.82, 2.24) is 4.90 Å². The smallest absolute Gasteiger partial charge is 0.308 e. The Morgan fingerprint density at radius 3 is 2.65 bits per heavy atom. The largest absolute Gasteiger partial charge is 0.335 e. The van der Waals surface area contributed by atoms with E-state index in [1.807, 2.05) is 0 Å². The van der Waals surface area contributed by atoms with E-state index in [0.29, 0.717) is 18.5 Å². The highest BCUT2D eigenvalue weighted by Crippen LogP contribution is 2.38. The van der Waals surface area contributed by atoms with Gasteiger partial charge in [-0.25, -0.2) is 4.39 Å². The molecule has 1 heterocycles. The van der Waals surface area contributed by atoms with E-state index < -0.39 is 33.7 Å². The molecule has 2 fully saturated rings. The molecule has 1 saturated carbocycles. The van der Waals surface area contributed by atoms with Crippen molar-refractivity contribution in [2.45, 2.75) is 25.3 Å². The zero-order valence-electron chi connectivity index (χ0n) is 10.5. The average Bonchev–Trinajstić information content (AvgIpc) is 3.02. The molecular formula is C13H12F2N2O3. The lowest BCUT2D eigenvalue weighted by Crippen LogP contribution is -2.38. The summed E-state index contributed by atoms with van der Waals surface area (Å²) in [5.74, 6) is -2.48. The van der Waals surface area contributed by atoms with Crippen LogP contribution in [-0.2, 0) is 0 Å². The molecule has 20 heavy (non-hydrogen) atoms. The molecule has 1 aliphatic carbocycles. The number of nitro groups is 1. The van der Waals surface area contributed by atoms with Crippen molar-refractivity contribution in [2.24, 2.45) is 5.92 Å². The Hall–Kier alpha value is -2.05. The molecule has 1 aromatic rings. The van der Waals surface area contributed by atoms with Gasteiger partial charge in [-0.15, -0.1) is 0 Å². The van der Waals surface area contributed by atoms with E-state index in [1.165, 1.54) is 4.90 Å². The molecule has 0 radical (unpaired) electrons. The maximum absolute atomic E-state index is 14.0. The van der Waals surface area contributed by atoms with Crippen molar-refractivity contribution >= 4 is 11.6 Å². The average molecular weight is 282 g/mol. The number of amides is 1. The zero-order valence-corrected chi connectivity index (χ0v) is 10.5. The Labute approximate surface area is 113 Å². The van der Waals surface area contributed by atoms with Gasteiger partial charge in [0.1, 0.15) is 5.82 Å². The third-order valence-electron chi connectivity index (χ3n) is 4.12. The van der Waals surface area contributed by atoms with E-state index >= 15 is 0 Å². The van der Waals surface area contributed by atoms with Crippen molar-refractivity contribution in [3.05, 3.63) is 39.4 Å². The molecule has 7 heteroatoms. The zero-order chi connectivity index (χ0) is 14.4. The van der Waals surface area contributed by atoms with Gasteiger partial charge < -0.3 is 4.90 Å². The minimum absolute atomic E-state index is 0.0502. The van der Waals surface area contributed by atoms with Gasteiger partial charge in [-0.05, 0) is 31.2 Å². The minimum atomic E-state index is -1.26. The summed E-state index contributed by atoms with van der Waals surface area (Å²) >= 11 is 0. The molecule has 1 saturated heterocycles. The fourth-order valence-electron chi connectivity index (χ4n) is 3.19. The molecule has 0 N–H and O–H groups in total. The second kappa shape index (κ2) is 4.50. The summed E-state index contributed by atoms with van der Waals surface area (Å²) in [5.41, 5.74) is -1.55. The van der Waals surface area contributed by atoms with Gasteiger partial charge in [0.15, 0.2) is 0 Å². The summed E-state index contributed by atoms with van der Waals surface area (Å²) in [7, 11) is 0. The van der Waals surface area contributed by atoms with Gasteiger partial charge in [0, 0.05) is 12.6 Å². The molecule has 3 rings (SSSR count). The SMILES string of the molecule is O=C(c1cc(F)cc([N+](=O)[O-])c1F)N1CC2CCC1C2. The summed E-state index contributed by atoms with van der Waals surface area (Å²) < 4.78 is 27.4. The monoisotopic (exact) mass is 282 g/mol. The molecule has 1 aromatic carbocycles. The first-order valence-electron chi connectivity index (χ1n) is 6.41. The summed E-state index contributed by atoms with van der Waals surface area (Å²) in [6.45, 7) is 0.521. The molecule has 0 aromatic heterocycles. The van der Waals surface area contributed by atoms with Crippen LogP contribution in [0.2, 0.25) is 0 Å². The maximum atomic E-state index is 14.0. The van der Waals surface area contributed by atoms with Crippen LogP contribution >= 0.6 is 0 Å². The number of benzene rings is 1. The van der Waals surface area contributed by atoms with Gasteiger partial charge >= 0.3 is 5.69 Å². The van der Waals surface area contributed by atoms with Gasteiger partial charge in [0.05, 0.1) is 16.6 Å². The van der Waals surface area contributed by atoms with Crippen LogP contribution in [0.1, 0.15) is 29.6 Å². The number of fused-ring (bicyclic) bond motifs is 2. The molecule has 1 aliphatic heterocycles. The molecule has 2 aliphatic rings. The highest BCUT2D eigenvalue weighted by Gasteiger charge is 2.41. The Morgan fingerprint density at radius 1 is 1.35 bits per heavy atom. The Balaban J connectivity index is 1.97. The topological polar surface area (TPSA) is 63.4 Å². The maximum Gasteiger partial charge on any atom is 0.308 e. The van der Waals surface area contributed by atoms with Gasteiger partial charge in [-0.3, -0.25) is 14.9 Å². The summed E-state index contributed by atoms with van der Waals surface area (Å²) in [6, 6.07) is 1.27. The molecule has 2 bridgehead atoms. The summed E-state index contributed by atoms with van der Waals surface area (Å²) in [4.78, 5) is 23.4. The fraction of sp³-hybridized carbons (Fsp3) is 0.462. The predicted octanol–water partition coefficient (Wildman–Crippen LogP) is 2.50. The number of nitrogens with zero attached hydrogens (tertiary/aromatic N) is 2. The molecule has 2 atom stereocenters. The number of halogens is 2. The number of carbonyl (C=O) groups is 1. The normalized spacial score (nSPS) is 24.2. The van der Waals surface area contributed by atoms with E-state index in [1.54, 1.807) is 0 Å². The highest BCUT2D eigenvalue weighted by atomic mass is 19.1. The van der Waals surface area contributed by atoms with Crippen molar-refractivity contribution in [2.75, 3.05) is 6.54 Å². The molecule has 1 amide bonds. The Morgan fingerprint density at radius 2 is 2.10 bits per heavy atom. The number of piperidine rings is 1. The van der Waals surface area contributed by atoms with Crippen LogP contribution in [0.15, 0.2) is 12.1 Å². The standard InChI is InChI=1S/C13H12F2N2O3/c14-8-4-10(12(15)11(5-8)17(19)20)13(18)16-6-7-1-2-9(16)3-7/h4-5,7,9H,1-3,6H2. The third-order valence-corrected chi connectivity index (χ3v) is 4.12. The van der Waals surface area contributed by atoms with Crippen molar-refractivity contribution < 1.29 is 18.5 Å². The van der Waals surface area contributed by atoms with Crippen molar-refractivity contribution in [1.29, 1.82) is 0 Å². The first-order chi connectivity index (χ1) is 9.47. The van der Waals surface area contributed by atoms with Crippen LogP contribution < -0.4 is 0 Å². The van der Waals surface area contributed by atoms with E-state index in [2.05, 4.69) is 0 Å². The van der Waals surface area contributed by atoms with Crippen LogP contribution in [0.4, 0.5) is 14.5 Å². The number of rotatable bonds is 2. The van der Waals surface area contributed by atoms with Crippen LogP contribution in [0, 0.1) is 27.7 Å². The summed E-state index contributed by atoms with van der Waals surface area (Å²) in [6.07, 6.45) is 2.78. The van der Waals surface area contributed by atoms with Crippen molar-refractivity contribution in [3.8, 4) is 0 Å². The first kappa shape index (κ1) is 13.0. The minimum Gasteiger partial charge on any atom is -0.335 e. The van der Waals surface area contributed by atoms with E-state index in [9.17, 15) is 23.7 Å². The second-order valence-corrected chi connectivity index (χ2v) is 5.33. The number of hydrogen-bond donors (Lipinski definition) is 0. The predicted molar refractivity (Wildman–Crippen MR) is 65.2 cm³/mol. The van der Waals surface area contributed by atoms with Gasteiger partial charge in [-0.2, -0.15) is 4.39 Å². The van der Waals surface area contributed by atoms with Gasteiger partial charge in [0.2, 0.25) is 5.82 Å². The quantitative estimate of drug-likeness (QED) is 0.618. The number of nitro benzene ring substituents is 1. The van der Waals surface area contributed by atoms with Gasteiger partial charge in [0.25, 0.3) is 5.91 Å². The molecule has 106 valence electrons. The van der Waals surface area contributed by atoms with E-state index in [-0.39, 0.29) is 6.04 Å². The molecule has 2 unspecified atom stereocenters. The summed E-state index contributed by atoms with van der Waals surface area (Å²) in [5, 5.41) is 10.7. The fourth-order valence-corrected chi connectivity index (χ4v) is 3.19.